The summed E-state index contributed by atoms with van der Waals surface area (Å²) in [7, 11) is 0. The molecule has 130 valence electrons. The Balaban J connectivity index is 1.86. The average molecular weight is 337 g/mol. The van der Waals surface area contributed by atoms with Crippen LogP contribution < -0.4 is 5.32 Å². The smallest absolute Gasteiger partial charge is 0.329 e. The van der Waals surface area contributed by atoms with Gasteiger partial charge in [0.1, 0.15) is 5.70 Å². The van der Waals surface area contributed by atoms with E-state index in [1.54, 1.807) is 6.08 Å². The Bertz CT molecular complexity index is 877. The molecule has 1 saturated heterocycles. The molecule has 1 N–H and O–H groups in total. The highest BCUT2D eigenvalue weighted by Gasteiger charge is 2.33. The number of aromatic nitrogens is 1. The summed E-state index contributed by atoms with van der Waals surface area (Å²) >= 11 is 0. The Morgan fingerprint density at radius 2 is 1.88 bits per heavy atom. The Morgan fingerprint density at radius 1 is 1.12 bits per heavy atom. The summed E-state index contributed by atoms with van der Waals surface area (Å²) in [6.07, 6.45) is 1.77. The number of nitrogens with zero attached hydrogens (tertiary/aromatic N) is 2. The van der Waals surface area contributed by atoms with Crippen LogP contribution >= 0.6 is 0 Å². The van der Waals surface area contributed by atoms with Gasteiger partial charge in [0.15, 0.2) is 0 Å². The minimum Gasteiger partial charge on any atom is -0.349 e. The predicted octanol–water partition coefficient (Wildman–Crippen LogP) is 3.53. The van der Waals surface area contributed by atoms with E-state index in [0.717, 1.165) is 34.6 Å². The number of benzene rings is 1. The zero-order valence-electron chi connectivity index (χ0n) is 15.1. The highest BCUT2D eigenvalue weighted by atomic mass is 16.2. The molecule has 0 aliphatic carbocycles. The highest BCUT2D eigenvalue weighted by Crippen LogP contribution is 2.21. The summed E-state index contributed by atoms with van der Waals surface area (Å²) in [5.74, 6) is -0.284. The van der Waals surface area contributed by atoms with Crippen molar-refractivity contribution in [2.45, 2.75) is 40.8 Å². The number of rotatable bonds is 4. The average Bonchev–Trinajstić information content (AvgIpc) is 2.98. The fourth-order valence-corrected chi connectivity index (χ4v) is 3.32. The van der Waals surface area contributed by atoms with Crippen molar-refractivity contribution in [3.8, 4) is 0 Å². The van der Waals surface area contributed by atoms with Gasteiger partial charge in [-0.2, -0.15) is 0 Å². The van der Waals surface area contributed by atoms with Crippen LogP contribution in [0.15, 0.2) is 36.0 Å². The molecule has 2 aromatic rings. The standard InChI is InChI=1S/C20H23N3O2/c1-5-22-14(3)10-17(15(22)4)11-18-19(24)23(20(25)21-18)12-16-8-6-7-13(2)9-16/h6-11H,5,12H2,1-4H3,(H,21,25)/b18-11+. The van der Waals surface area contributed by atoms with Crippen LogP contribution in [-0.2, 0) is 17.9 Å². The van der Waals surface area contributed by atoms with Gasteiger partial charge in [-0.15, -0.1) is 0 Å². The van der Waals surface area contributed by atoms with Crippen molar-refractivity contribution in [3.05, 3.63) is 64.1 Å². The van der Waals surface area contributed by atoms with Gasteiger partial charge in [-0.1, -0.05) is 29.8 Å². The van der Waals surface area contributed by atoms with Gasteiger partial charge in [0.05, 0.1) is 6.54 Å². The van der Waals surface area contributed by atoms with Crippen molar-refractivity contribution in [2.24, 2.45) is 0 Å². The number of nitrogens with one attached hydrogen (secondary N) is 1. The Kier molecular flexibility index (Phi) is 4.49. The Labute approximate surface area is 147 Å². The second-order valence-corrected chi connectivity index (χ2v) is 6.44. The van der Waals surface area contributed by atoms with Crippen LogP contribution in [0.25, 0.3) is 6.08 Å². The first-order chi connectivity index (χ1) is 11.9. The number of carbonyl (C=O) groups is 2. The summed E-state index contributed by atoms with van der Waals surface area (Å²) in [5, 5.41) is 2.70. The first kappa shape index (κ1) is 17.0. The number of imide groups is 1. The van der Waals surface area contributed by atoms with Crippen molar-refractivity contribution < 1.29 is 9.59 Å². The van der Waals surface area contributed by atoms with E-state index >= 15 is 0 Å². The molecule has 0 atom stereocenters. The topological polar surface area (TPSA) is 54.3 Å². The molecule has 5 heteroatoms. The zero-order valence-corrected chi connectivity index (χ0v) is 15.1. The van der Waals surface area contributed by atoms with E-state index in [9.17, 15) is 9.59 Å². The summed E-state index contributed by atoms with van der Waals surface area (Å²) in [6.45, 7) is 9.29. The molecule has 1 aromatic heterocycles. The number of hydrogen-bond donors (Lipinski definition) is 1. The van der Waals surface area contributed by atoms with Crippen LogP contribution in [0.5, 0.6) is 0 Å². The first-order valence-corrected chi connectivity index (χ1v) is 8.47. The summed E-state index contributed by atoms with van der Waals surface area (Å²) < 4.78 is 2.18. The van der Waals surface area contributed by atoms with E-state index in [4.69, 9.17) is 0 Å². The van der Waals surface area contributed by atoms with Crippen LogP contribution in [0.1, 0.15) is 35.0 Å². The molecule has 0 bridgehead atoms. The lowest BCUT2D eigenvalue weighted by atomic mass is 10.1. The van der Waals surface area contributed by atoms with Crippen LogP contribution in [-0.4, -0.2) is 21.4 Å². The molecule has 3 amide bonds. The molecule has 0 saturated carbocycles. The van der Waals surface area contributed by atoms with E-state index in [-0.39, 0.29) is 18.5 Å². The van der Waals surface area contributed by atoms with Crippen molar-refractivity contribution in [1.29, 1.82) is 0 Å². The number of carbonyl (C=O) groups excluding carboxylic acids is 2. The summed E-state index contributed by atoms with van der Waals surface area (Å²) in [4.78, 5) is 26.1. The third-order valence-electron chi connectivity index (χ3n) is 4.61. The first-order valence-electron chi connectivity index (χ1n) is 8.47. The van der Waals surface area contributed by atoms with Crippen molar-refractivity contribution in [3.63, 3.8) is 0 Å². The number of urea groups is 1. The number of amides is 3. The van der Waals surface area contributed by atoms with Crippen molar-refractivity contribution >= 4 is 18.0 Å². The van der Waals surface area contributed by atoms with E-state index < -0.39 is 0 Å². The van der Waals surface area contributed by atoms with Gasteiger partial charge >= 0.3 is 6.03 Å². The fourth-order valence-electron chi connectivity index (χ4n) is 3.32. The molecule has 5 nitrogen and oxygen atoms in total. The lowest BCUT2D eigenvalue weighted by Gasteiger charge is -2.12. The number of hydrogen-bond acceptors (Lipinski definition) is 2. The van der Waals surface area contributed by atoms with Gasteiger partial charge in [0.25, 0.3) is 5.91 Å². The van der Waals surface area contributed by atoms with Crippen LogP contribution in [0.2, 0.25) is 0 Å². The molecule has 1 aliphatic heterocycles. The molecule has 2 heterocycles. The van der Waals surface area contributed by atoms with Gasteiger partial charge in [-0.25, -0.2) is 4.79 Å². The largest absolute Gasteiger partial charge is 0.349 e. The van der Waals surface area contributed by atoms with Crippen LogP contribution in [0.4, 0.5) is 4.79 Å². The van der Waals surface area contributed by atoms with E-state index in [1.807, 2.05) is 51.1 Å². The Morgan fingerprint density at radius 3 is 2.52 bits per heavy atom. The van der Waals surface area contributed by atoms with E-state index in [1.165, 1.54) is 4.90 Å². The molecule has 1 fully saturated rings. The molecule has 1 aromatic carbocycles. The monoisotopic (exact) mass is 337 g/mol. The lowest BCUT2D eigenvalue weighted by molar-refractivity contribution is -0.123. The molecule has 3 rings (SSSR count). The Hall–Kier alpha value is -2.82. The fraction of sp³-hybridized carbons (Fsp3) is 0.300. The summed E-state index contributed by atoms with van der Waals surface area (Å²) in [6, 6.07) is 9.49. The van der Waals surface area contributed by atoms with Gasteiger partial charge in [0, 0.05) is 17.9 Å². The van der Waals surface area contributed by atoms with Crippen molar-refractivity contribution in [1.82, 2.24) is 14.8 Å². The highest BCUT2D eigenvalue weighted by molar-refractivity contribution is 6.13. The number of aryl methyl sites for hydroxylation is 2. The predicted molar refractivity (Wildman–Crippen MR) is 97.8 cm³/mol. The normalized spacial score (nSPS) is 16.0. The molecular formula is C20H23N3O2. The molecule has 25 heavy (non-hydrogen) atoms. The second kappa shape index (κ2) is 6.59. The zero-order chi connectivity index (χ0) is 18.1. The minimum atomic E-state index is -0.373. The maximum absolute atomic E-state index is 12.6. The van der Waals surface area contributed by atoms with E-state index in [2.05, 4.69) is 16.8 Å². The van der Waals surface area contributed by atoms with Gasteiger partial charge in [-0.05, 0) is 51.0 Å². The molecule has 0 unspecified atom stereocenters. The lowest BCUT2D eigenvalue weighted by Crippen LogP contribution is -2.30. The van der Waals surface area contributed by atoms with Crippen molar-refractivity contribution in [2.75, 3.05) is 0 Å². The maximum Gasteiger partial charge on any atom is 0.329 e. The van der Waals surface area contributed by atoms with E-state index in [0.29, 0.717) is 5.70 Å². The molecule has 1 aliphatic rings. The molecular weight excluding hydrogens is 314 g/mol. The van der Waals surface area contributed by atoms with Crippen LogP contribution in [0.3, 0.4) is 0 Å². The SMILES string of the molecule is CCn1c(C)cc(/C=C2/NC(=O)N(Cc3cccc(C)c3)C2=O)c1C. The third kappa shape index (κ3) is 3.22. The van der Waals surface area contributed by atoms with Gasteiger partial charge in [0.2, 0.25) is 0 Å². The van der Waals surface area contributed by atoms with Crippen LogP contribution in [0, 0.1) is 20.8 Å². The third-order valence-corrected chi connectivity index (χ3v) is 4.61. The van der Waals surface area contributed by atoms with Gasteiger partial charge in [-0.3, -0.25) is 9.69 Å². The summed E-state index contributed by atoms with van der Waals surface area (Å²) in [5.41, 5.74) is 5.56. The quantitative estimate of drug-likeness (QED) is 0.685. The molecule has 0 radical (unpaired) electrons. The van der Waals surface area contributed by atoms with Gasteiger partial charge < -0.3 is 9.88 Å². The minimum absolute atomic E-state index is 0.275. The maximum atomic E-state index is 12.6. The second-order valence-electron chi connectivity index (χ2n) is 6.44. The molecule has 0 spiro atoms.